The third kappa shape index (κ3) is 2.76. The molecule has 1 N–H and O–H groups in total. The summed E-state index contributed by atoms with van der Waals surface area (Å²) in [5.74, 6) is -2.90. The molecule has 0 amide bonds. The van der Waals surface area contributed by atoms with E-state index in [4.69, 9.17) is 0 Å². The van der Waals surface area contributed by atoms with Gasteiger partial charge in [0.1, 0.15) is 11.3 Å². The molecule has 1 saturated carbocycles. The fraction of sp³-hybridized carbons (Fsp3) is 0.524. The van der Waals surface area contributed by atoms with E-state index in [0.29, 0.717) is 19.1 Å². The SMILES string of the molecule is Cc1c(F)c(N2CCN3CCCC3C2)c(F)c2c1c(=O)c(C(=O)O)cn2C1CC1. The number of pyridine rings is 1. The second kappa shape index (κ2) is 6.52. The number of hydrogen-bond donors (Lipinski definition) is 1. The van der Waals surface area contributed by atoms with E-state index in [0.717, 1.165) is 38.8 Å². The van der Waals surface area contributed by atoms with Crippen LogP contribution in [-0.2, 0) is 0 Å². The molecule has 0 bridgehead atoms. The van der Waals surface area contributed by atoms with Gasteiger partial charge in [-0.1, -0.05) is 0 Å². The average molecular weight is 403 g/mol. The van der Waals surface area contributed by atoms with E-state index in [1.54, 1.807) is 4.90 Å². The van der Waals surface area contributed by atoms with Crippen molar-refractivity contribution in [3.05, 3.63) is 39.2 Å². The van der Waals surface area contributed by atoms with Gasteiger partial charge in [-0.2, -0.15) is 0 Å². The minimum absolute atomic E-state index is 0.0211. The Balaban J connectivity index is 1.75. The van der Waals surface area contributed by atoms with Crippen molar-refractivity contribution >= 4 is 22.6 Å². The van der Waals surface area contributed by atoms with Crippen molar-refractivity contribution in [1.82, 2.24) is 9.47 Å². The third-order valence-corrected chi connectivity index (χ3v) is 6.64. The zero-order valence-electron chi connectivity index (χ0n) is 16.3. The molecule has 2 aromatic rings. The summed E-state index contributed by atoms with van der Waals surface area (Å²) in [5, 5.41) is 9.26. The highest BCUT2D eigenvalue weighted by Crippen LogP contribution is 2.41. The minimum atomic E-state index is -1.38. The van der Waals surface area contributed by atoms with Crippen LogP contribution in [0.3, 0.4) is 0 Å². The molecule has 154 valence electrons. The number of anilines is 1. The number of aryl methyl sites for hydroxylation is 1. The minimum Gasteiger partial charge on any atom is -0.477 e. The van der Waals surface area contributed by atoms with Crippen LogP contribution in [0.5, 0.6) is 0 Å². The Hall–Kier alpha value is -2.48. The molecule has 0 spiro atoms. The number of nitrogens with zero attached hydrogens (tertiary/aromatic N) is 3. The number of benzene rings is 1. The van der Waals surface area contributed by atoms with Crippen LogP contribution in [0.2, 0.25) is 0 Å². The van der Waals surface area contributed by atoms with Gasteiger partial charge in [0.2, 0.25) is 5.43 Å². The molecule has 5 rings (SSSR count). The van der Waals surface area contributed by atoms with Gasteiger partial charge in [0.05, 0.1) is 10.9 Å². The van der Waals surface area contributed by atoms with Crippen LogP contribution in [0, 0.1) is 18.6 Å². The van der Waals surface area contributed by atoms with Crippen LogP contribution in [0.1, 0.15) is 47.6 Å². The molecule has 6 nitrogen and oxygen atoms in total. The monoisotopic (exact) mass is 403 g/mol. The lowest BCUT2D eigenvalue weighted by Gasteiger charge is -2.39. The number of carbonyl (C=O) groups is 1. The van der Waals surface area contributed by atoms with Crippen LogP contribution in [-0.4, -0.2) is 52.8 Å². The van der Waals surface area contributed by atoms with Gasteiger partial charge in [-0.15, -0.1) is 0 Å². The first-order chi connectivity index (χ1) is 13.9. The van der Waals surface area contributed by atoms with Gasteiger partial charge in [0.25, 0.3) is 0 Å². The second-order valence-electron chi connectivity index (χ2n) is 8.42. The smallest absolute Gasteiger partial charge is 0.341 e. The summed E-state index contributed by atoms with van der Waals surface area (Å²) in [6.07, 6.45) is 4.90. The number of carboxylic acids is 1. The lowest BCUT2D eigenvalue weighted by Crippen LogP contribution is -2.50. The number of hydrogen-bond acceptors (Lipinski definition) is 4. The Bertz CT molecular complexity index is 1090. The first-order valence-electron chi connectivity index (χ1n) is 10.2. The van der Waals surface area contributed by atoms with E-state index >= 15 is 8.78 Å². The number of fused-ring (bicyclic) bond motifs is 2. The molecule has 1 aromatic carbocycles. The summed E-state index contributed by atoms with van der Waals surface area (Å²) in [6, 6.07) is 0.230. The van der Waals surface area contributed by atoms with Crippen molar-refractivity contribution in [2.75, 3.05) is 31.1 Å². The van der Waals surface area contributed by atoms with Crippen LogP contribution < -0.4 is 10.3 Å². The van der Waals surface area contributed by atoms with Crippen molar-refractivity contribution in [3.63, 3.8) is 0 Å². The Labute approximate surface area is 166 Å². The second-order valence-corrected chi connectivity index (χ2v) is 8.42. The van der Waals surface area contributed by atoms with Gasteiger partial charge in [0.15, 0.2) is 11.6 Å². The lowest BCUT2D eigenvalue weighted by atomic mass is 10.0. The van der Waals surface area contributed by atoms with Gasteiger partial charge in [0, 0.05) is 43.5 Å². The first-order valence-corrected chi connectivity index (χ1v) is 10.2. The Morgan fingerprint density at radius 1 is 1.10 bits per heavy atom. The summed E-state index contributed by atoms with van der Waals surface area (Å²) in [6.45, 7) is 4.31. The van der Waals surface area contributed by atoms with Crippen LogP contribution in [0.15, 0.2) is 11.0 Å². The Morgan fingerprint density at radius 2 is 1.86 bits per heavy atom. The molecular formula is C21H23F2N3O3. The molecule has 0 radical (unpaired) electrons. The predicted molar refractivity (Wildman–Crippen MR) is 105 cm³/mol. The number of rotatable bonds is 3. The fourth-order valence-electron chi connectivity index (χ4n) is 4.97. The average Bonchev–Trinajstić information content (AvgIpc) is 3.42. The van der Waals surface area contributed by atoms with E-state index in [1.807, 2.05) is 0 Å². The molecule has 3 aliphatic rings. The molecule has 3 heterocycles. The maximum Gasteiger partial charge on any atom is 0.341 e. The quantitative estimate of drug-likeness (QED) is 0.854. The number of halogens is 2. The predicted octanol–water partition coefficient (Wildman–Crippen LogP) is 2.91. The zero-order chi connectivity index (χ0) is 20.4. The van der Waals surface area contributed by atoms with Crippen molar-refractivity contribution in [1.29, 1.82) is 0 Å². The van der Waals surface area contributed by atoms with Gasteiger partial charge >= 0.3 is 5.97 Å². The first kappa shape index (κ1) is 18.5. The van der Waals surface area contributed by atoms with Crippen LogP contribution in [0.4, 0.5) is 14.5 Å². The molecule has 1 aromatic heterocycles. The summed E-state index contributed by atoms with van der Waals surface area (Å²) in [7, 11) is 0. The van der Waals surface area contributed by atoms with Crippen LogP contribution in [0.25, 0.3) is 10.9 Å². The van der Waals surface area contributed by atoms with Gasteiger partial charge in [-0.3, -0.25) is 9.69 Å². The lowest BCUT2D eigenvalue weighted by molar-refractivity contribution is 0.0695. The molecule has 1 atom stereocenters. The number of piperazine rings is 1. The summed E-state index contributed by atoms with van der Waals surface area (Å²) >= 11 is 0. The summed E-state index contributed by atoms with van der Waals surface area (Å²) in [4.78, 5) is 28.4. The van der Waals surface area contributed by atoms with Gasteiger partial charge in [-0.25, -0.2) is 13.6 Å². The molecule has 2 aliphatic heterocycles. The highest BCUT2D eigenvalue weighted by Gasteiger charge is 2.36. The summed E-state index contributed by atoms with van der Waals surface area (Å²) < 4.78 is 32.7. The van der Waals surface area contributed by atoms with E-state index in [1.165, 1.54) is 17.7 Å². The van der Waals surface area contributed by atoms with Crippen molar-refractivity contribution < 1.29 is 18.7 Å². The van der Waals surface area contributed by atoms with Crippen LogP contribution >= 0.6 is 0 Å². The van der Waals surface area contributed by atoms with Crippen molar-refractivity contribution in [3.8, 4) is 0 Å². The maximum absolute atomic E-state index is 15.8. The number of aromatic nitrogens is 1. The van der Waals surface area contributed by atoms with E-state index in [2.05, 4.69) is 4.90 Å². The standard InChI is InChI=1S/C21H23F2N3O3/c1-11-15-18(26(12-4-5-12)10-14(20(15)27)21(28)29)17(23)19(16(11)22)25-8-7-24-6-2-3-13(24)9-25/h10,12-13H,2-9H2,1H3,(H,28,29). The number of carboxylic acid groups (broad SMARTS) is 1. The van der Waals surface area contributed by atoms with E-state index < -0.39 is 28.6 Å². The highest BCUT2D eigenvalue weighted by molar-refractivity contribution is 5.95. The Morgan fingerprint density at radius 3 is 2.55 bits per heavy atom. The Kier molecular flexibility index (Phi) is 4.17. The molecule has 2 saturated heterocycles. The summed E-state index contributed by atoms with van der Waals surface area (Å²) in [5.41, 5.74) is -1.30. The molecule has 8 heteroatoms. The molecular weight excluding hydrogens is 380 g/mol. The number of aromatic carboxylic acids is 1. The highest BCUT2D eigenvalue weighted by atomic mass is 19.1. The van der Waals surface area contributed by atoms with Gasteiger partial charge in [-0.05, 0) is 39.2 Å². The fourth-order valence-corrected chi connectivity index (χ4v) is 4.97. The zero-order valence-corrected chi connectivity index (χ0v) is 16.3. The van der Waals surface area contributed by atoms with E-state index in [-0.39, 0.29) is 28.2 Å². The topological polar surface area (TPSA) is 65.8 Å². The van der Waals surface area contributed by atoms with Gasteiger partial charge < -0.3 is 14.6 Å². The normalized spacial score (nSPS) is 22.3. The van der Waals surface area contributed by atoms with Crippen molar-refractivity contribution in [2.45, 2.75) is 44.7 Å². The van der Waals surface area contributed by atoms with Crippen molar-refractivity contribution in [2.24, 2.45) is 0 Å². The molecule has 1 unspecified atom stereocenters. The maximum atomic E-state index is 15.8. The largest absolute Gasteiger partial charge is 0.477 e. The third-order valence-electron chi connectivity index (χ3n) is 6.64. The molecule has 1 aliphatic carbocycles. The molecule has 29 heavy (non-hydrogen) atoms. The molecule has 3 fully saturated rings. The van der Waals surface area contributed by atoms with E-state index in [9.17, 15) is 14.7 Å².